The van der Waals surface area contributed by atoms with Crippen LogP contribution >= 0.6 is 0 Å². The Morgan fingerprint density at radius 1 is 0.903 bits per heavy atom. The van der Waals surface area contributed by atoms with Crippen LogP contribution in [0.2, 0.25) is 0 Å². The van der Waals surface area contributed by atoms with Crippen molar-refractivity contribution in [2.24, 2.45) is 0 Å². The van der Waals surface area contributed by atoms with Gasteiger partial charge in [-0.05, 0) is 56.9 Å². The molecule has 0 saturated heterocycles. The maximum Gasteiger partial charge on any atom is 0.147 e. The molecule has 0 atom stereocenters. The molecule has 0 aliphatic carbocycles. The van der Waals surface area contributed by atoms with Crippen LogP contribution < -0.4 is 10.6 Å². The molecule has 0 aliphatic heterocycles. The molecular weight excluding hydrogens is 389 g/mol. The Labute approximate surface area is 182 Å². The van der Waals surface area contributed by atoms with Crippen LogP contribution in [0.15, 0.2) is 42.5 Å². The van der Waals surface area contributed by atoms with Crippen molar-refractivity contribution in [1.82, 2.24) is 15.0 Å². The number of aryl methyl sites for hydroxylation is 4. The van der Waals surface area contributed by atoms with Crippen LogP contribution in [0.25, 0.3) is 10.9 Å². The molecule has 2 heterocycles. The van der Waals surface area contributed by atoms with Crippen LogP contribution in [-0.2, 0) is 13.0 Å². The number of hydrogen-bond donors (Lipinski definition) is 3. The molecule has 0 fully saturated rings. The summed E-state index contributed by atoms with van der Waals surface area (Å²) in [6.07, 6.45) is 0.769. The van der Waals surface area contributed by atoms with Gasteiger partial charge < -0.3 is 15.6 Å². The van der Waals surface area contributed by atoms with Crippen molar-refractivity contribution in [2.75, 3.05) is 17.2 Å². The SMILES string of the molecule is Cc1ccc(CNc2cc(NCCc3c(C)[nH]c4c(F)ccc(C)c34)nc(C)n2)cc1. The van der Waals surface area contributed by atoms with Crippen LogP contribution in [0.1, 0.15) is 33.8 Å². The van der Waals surface area contributed by atoms with E-state index in [9.17, 15) is 4.39 Å². The zero-order valence-corrected chi connectivity index (χ0v) is 18.4. The lowest BCUT2D eigenvalue weighted by molar-refractivity contribution is 0.637. The Kier molecular flexibility index (Phi) is 5.89. The second-order valence-electron chi connectivity index (χ2n) is 8.04. The summed E-state index contributed by atoms with van der Waals surface area (Å²) in [4.78, 5) is 12.2. The van der Waals surface area contributed by atoms with Crippen LogP contribution in [-0.4, -0.2) is 21.5 Å². The number of H-pyrrole nitrogens is 1. The van der Waals surface area contributed by atoms with Gasteiger partial charge in [0.05, 0.1) is 5.52 Å². The summed E-state index contributed by atoms with van der Waals surface area (Å²) in [5.41, 5.74) is 6.27. The molecule has 0 radical (unpaired) electrons. The Hall–Kier alpha value is -3.41. The number of aromatic amines is 1. The van der Waals surface area contributed by atoms with E-state index in [1.807, 2.05) is 32.9 Å². The Morgan fingerprint density at radius 3 is 2.35 bits per heavy atom. The summed E-state index contributed by atoms with van der Waals surface area (Å²) in [5.74, 6) is 2.06. The van der Waals surface area contributed by atoms with Crippen molar-refractivity contribution in [3.05, 3.63) is 82.1 Å². The monoisotopic (exact) mass is 417 g/mol. The summed E-state index contributed by atoms with van der Waals surface area (Å²) in [7, 11) is 0. The van der Waals surface area contributed by atoms with Crippen molar-refractivity contribution in [3.8, 4) is 0 Å². The van der Waals surface area contributed by atoms with Crippen LogP contribution in [0, 0.1) is 33.5 Å². The van der Waals surface area contributed by atoms with Gasteiger partial charge in [-0.25, -0.2) is 14.4 Å². The van der Waals surface area contributed by atoms with Crippen molar-refractivity contribution in [2.45, 2.75) is 40.7 Å². The number of nitrogens with zero attached hydrogens (tertiary/aromatic N) is 2. The lowest BCUT2D eigenvalue weighted by atomic mass is 10.0. The summed E-state index contributed by atoms with van der Waals surface area (Å²) in [5, 5.41) is 7.76. The van der Waals surface area contributed by atoms with Crippen molar-refractivity contribution >= 4 is 22.5 Å². The molecular formula is C25H28FN5. The second-order valence-corrected chi connectivity index (χ2v) is 8.04. The first-order chi connectivity index (χ1) is 14.9. The number of aromatic nitrogens is 3. The van der Waals surface area contributed by atoms with Gasteiger partial charge in [-0.1, -0.05) is 35.9 Å². The normalized spacial score (nSPS) is 11.1. The van der Waals surface area contributed by atoms with E-state index in [0.29, 0.717) is 24.4 Å². The molecule has 31 heavy (non-hydrogen) atoms. The molecule has 2 aromatic heterocycles. The summed E-state index contributed by atoms with van der Waals surface area (Å²) < 4.78 is 14.2. The highest BCUT2D eigenvalue weighted by atomic mass is 19.1. The molecule has 4 rings (SSSR count). The number of fused-ring (bicyclic) bond motifs is 1. The van der Waals surface area contributed by atoms with E-state index in [1.165, 1.54) is 17.2 Å². The fraction of sp³-hybridized carbons (Fsp3) is 0.280. The van der Waals surface area contributed by atoms with E-state index < -0.39 is 0 Å². The molecule has 2 aromatic carbocycles. The second kappa shape index (κ2) is 8.76. The number of anilines is 2. The fourth-order valence-electron chi connectivity index (χ4n) is 3.92. The molecule has 3 N–H and O–H groups in total. The summed E-state index contributed by atoms with van der Waals surface area (Å²) in [6, 6.07) is 13.7. The van der Waals surface area contributed by atoms with Crippen molar-refractivity contribution in [3.63, 3.8) is 0 Å². The van der Waals surface area contributed by atoms with E-state index >= 15 is 0 Å². The average Bonchev–Trinajstić information content (AvgIpc) is 3.08. The van der Waals surface area contributed by atoms with Gasteiger partial charge in [-0.15, -0.1) is 0 Å². The Balaban J connectivity index is 1.43. The minimum atomic E-state index is -0.210. The van der Waals surface area contributed by atoms with E-state index in [4.69, 9.17) is 0 Å². The molecule has 0 unspecified atom stereocenters. The number of halogens is 1. The highest BCUT2D eigenvalue weighted by Gasteiger charge is 2.14. The van der Waals surface area contributed by atoms with Gasteiger partial charge in [0, 0.05) is 30.2 Å². The molecule has 0 bridgehead atoms. The molecule has 6 heteroatoms. The van der Waals surface area contributed by atoms with Crippen molar-refractivity contribution < 1.29 is 4.39 Å². The number of benzene rings is 2. The maximum absolute atomic E-state index is 14.2. The molecule has 5 nitrogen and oxygen atoms in total. The third-order valence-electron chi connectivity index (χ3n) is 5.54. The minimum Gasteiger partial charge on any atom is -0.370 e. The van der Waals surface area contributed by atoms with Crippen LogP contribution in [0.4, 0.5) is 16.0 Å². The molecule has 4 aromatic rings. The highest BCUT2D eigenvalue weighted by Crippen LogP contribution is 2.28. The largest absolute Gasteiger partial charge is 0.370 e. The lowest BCUT2D eigenvalue weighted by Crippen LogP contribution is -2.10. The quantitative estimate of drug-likeness (QED) is 0.366. The van der Waals surface area contributed by atoms with Gasteiger partial charge >= 0.3 is 0 Å². The van der Waals surface area contributed by atoms with E-state index in [1.54, 1.807) is 0 Å². The third kappa shape index (κ3) is 4.68. The van der Waals surface area contributed by atoms with Crippen LogP contribution in [0.3, 0.4) is 0 Å². The Bertz CT molecular complexity index is 1210. The number of rotatable bonds is 7. The van der Waals surface area contributed by atoms with Gasteiger partial charge in [0.15, 0.2) is 0 Å². The van der Waals surface area contributed by atoms with E-state index in [-0.39, 0.29) is 5.82 Å². The van der Waals surface area contributed by atoms with Gasteiger partial charge in [-0.2, -0.15) is 0 Å². The predicted octanol–water partition coefficient (Wildman–Crippen LogP) is 5.60. The number of nitrogens with one attached hydrogen (secondary N) is 3. The lowest BCUT2D eigenvalue weighted by Gasteiger charge is -2.11. The summed E-state index contributed by atoms with van der Waals surface area (Å²) >= 11 is 0. The molecule has 0 amide bonds. The van der Waals surface area contributed by atoms with Gasteiger partial charge in [0.2, 0.25) is 0 Å². The topological polar surface area (TPSA) is 65.6 Å². The van der Waals surface area contributed by atoms with E-state index in [2.05, 4.69) is 56.8 Å². The van der Waals surface area contributed by atoms with Gasteiger partial charge in [0.25, 0.3) is 0 Å². The van der Waals surface area contributed by atoms with Gasteiger partial charge in [0.1, 0.15) is 23.3 Å². The minimum absolute atomic E-state index is 0.210. The highest BCUT2D eigenvalue weighted by molar-refractivity contribution is 5.88. The zero-order chi connectivity index (χ0) is 22.0. The first-order valence-electron chi connectivity index (χ1n) is 10.6. The molecule has 0 spiro atoms. The molecule has 0 aliphatic rings. The Morgan fingerprint density at radius 2 is 1.61 bits per heavy atom. The molecule has 0 saturated carbocycles. The van der Waals surface area contributed by atoms with E-state index in [0.717, 1.165) is 40.3 Å². The van der Waals surface area contributed by atoms with Crippen LogP contribution in [0.5, 0.6) is 0 Å². The standard InChI is InChI=1S/C25H28FN5/c1-15-5-8-19(9-6-15)14-28-23-13-22(30-18(4)31-23)27-12-11-20-17(3)29-25-21(26)10-7-16(2)24(20)25/h5-10,13,29H,11-12,14H2,1-4H3,(H2,27,28,30,31). The first kappa shape index (κ1) is 20.8. The van der Waals surface area contributed by atoms with Gasteiger partial charge in [-0.3, -0.25) is 0 Å². The number of hydrogen-bond acceptors (Lipinski definition) is 4. The van der Waals surface area contributed by atoms with Crippen molar-refractivity contribution in [1.29, 1.82) is 0 Å². The zero-order valence-electron chi connectivity index (χ0n) is 18.4. The summed E-state index contributed by atoms with van der Waals surface area (Å²) in [6.45, 7) is 9.38. The fourth-order valence-corrected chi connectivity index (χ4v) is 3.92. The molecule has 160 valence electrons. The third-order valence-corrected chi connectivity index (χ3v) is 5.54. The predicted molar refractivity (Wildman–Crippen MR) is 125 cm³/mol. The maximum atomic E-state index is 14.2. The average molecular weight is 418 g/mol. The first-order valence-corrected chi connectivity index (χ1v) is 10.6. The smallest absolute Gasteiger partial charge is 0.147 e.